The van der Waals surface area contributed by atoms with E-state index in [9.17, 15) is 13.9 Å². The molecule has 0 amide bonds. The van der Waals surface area contributed by atoms with Crippen LogP contribution in [-0.4, -0.2) is 11.2 Å². The Bertz CT molecular complexity index is 422. The van der Waals surface area contributed by atoms with Crippen molar-refractivity contribution < 1.29 is 13.9 Å². The van der Waals surface area contributed by atoms with E-state index < -0.39 is 17.7 Å². The van der Waals surface area contributed by atoms with Gasteiger partial charge in [-0.1, -0.05) is 6.07 Å². The van der Waals surface area contributed by atoms with Crippen LogP contribution in [0.1, 0.15) is 24.8 Å². The second kappa shape index (κ2) is 4.05. The van der Waals surface area contributed by atoms with Crippen LogP contribution in [0.15, 0.2) is 18.2 Å². The molecule has 17 heavy (non-hydrogen) atoms. The zero-order valence-electron chi connectivity index (χ0n) is 9.57. The second-order valence-electron chi connectivity index (χ2n) is 5.51. The zero-order valence-corrected chi connectivity index (χ0v) is 9.57. The molecule has 0 aliphatic heterocycles. The SMILES string of the molecule is OC(Cc1ccc(F)c(F)c1)C1CC2CC2C1. The molecule has 1 aromatic carbocycles. The van der Waals surface area contributed by atoms with Crippen molar-refractivity contribution in [2.75, 3.05) is 0 Å². The van der Waals surface area contributed by atoms with E-state index in [1.165, 1.54) is 12.5 Å². The molecule has 0 heterocycles. The fraction of sp³-hybridized carbons (Fsp3) is 0.571. The highest BCUT2D eigenvalue weighted by Gasteiger charge is 2.47. The fourth-order valence-electron chi connectivity index (χ4n) is 3.15. The molecule has 2 aliphatic rings. The highest BCUT2D eigenvalue weighted by molar-refractivity contribution is 5.19. The average molecular weight is 238 g/mol. The number of fused-ring (bicyclic) bond motifs is 1. The maximum Gasteiger partial charge on any atom is 0.159 e. The molecule has 1 aromatic rings. The molecule has 1 nitrogen and oxygen atoms in total. The monoisotopic (exact) mass is 238 g/mol. The van der Waals surface area contributed by atoms with Crippen molar-refractivity contribution in [2.45, 2.75) is 31.8 Å². The first kappa shape index (κ1) is 11.1. The lowest BCUT2D eigenvalue weighted by Gasteiger charge is -2.19. The molecule has 0 aromatic heterocycles. The lowest BCUT2D eigenvalue weighted by Crippen LogP contribution is -2.21. The van der Waals surface area contributed by atoms with Gasteiger partial charge in [0.1, 0.15) is 0 Å². The molecule has 1 N–H and O–H groups in total. The van der Waals surface area contributed by atoms with Crippen LogP contribution >= 0.6 is 0 Å². The van der Waals surface area contributed by atoms with E-state index in [0.29, 0.717) is 17.9 Å². The first-order valence-electron chi connectivity index (χ1n) is 6.25. The lowest BCUT2D eigenvalue weighted by atomic mass is 9.92. The smallest absolute Gasteiger partial charge is 0.159 e. The zero-order chi connectivity index (χ0) is 12.0. The fourth-order valence-corrected chi connectivity index (χ4v) is 3.15. The van der Waals surface area contributed by atoms with E-state index >= 15 is 0 Å². The van der Waals surface area contributed by atoms with Crippen LogP contribution in [0.4, 0.5) is 8.78 Å². The summed E-state index contributed by atoms with van der Waals surface area (Å²) in [5.41, 5.74) is 0.678. The van der Waals surface area contributed by atoms with Crippen LogP contribution < -0.4 is 0 Å². The first-order chi connectivity index (χ1) is 8.13. The summed E-state index contributed by atoms with van der Waals surface area (Å²) in [6.07, 6.45) is 3.56. The van der Waals surface area contributed by atoms with Crippen molar-refractivity contribution in [1.29, 1.82) is 0 Å². The summed E-state index contributed by atoms with van der Waals surface area (Å²) in [5.74, 6) is 0.361. The molecule has 92 valence electrons. The number of halogens is 2. The van der Waals surface area contributed by atoms with E-state index in [1.807, 2.05) is 0 Å². The summed E-state index contributed by atoms with van der Waals surface area (Å²) in [4.78, 5) is 0. The molecule has 3 rings (SSSR count). The Balaban J connectivity index is 1.63. The highest BCUT2D eigenvalue weighted by Crippen LogP contribution is 2.55. The summed E-state index contributed by atoms with van der Waals surface area (Å²) < 4.78 is 25.8. The lowest BCUT2D eigenvalue weighted by molar-refractivity contribution is 0.104. The molecule has 3 atom stereocenters. The summed E-state index contributed by atoms with van der Waals surface area (Å²) in [5, 5.41) is 10.1. The van der Waals surface area contributed by atoms with Gasteiger partial charge in [-0.05, 0) is 61.1 Å². The highest BCUT2D eigenvalue weighted by atomic mass is 19.2. The third kappa shape index (κ3) is 2.21. The Morgan fingerprint density at radius 3 is 2.47 bits per heavy atom. The minimum atomic E-state index is -0.830. The summed E-state index contributed by atoms with van der Waals surface area (Å²) in [7, 11) is 0. The standard InChI is InChI=1S/C14H16F2O/c15-12-2-1-8(3-13(12)16)4-14(17)11-6-9-5-10(9)7-11/h1-3,9-11,14,17H,4-7H2. The van der Waals surface area contributed by atoms with Crippen molar-refractivity contribution in [2.24, 2.45) is 17.8 Å². The minimum Gasteiger partial charge on any atom is -0.392 e. The summed E-state index contributed by atoms with van der Waals surface area (Å²) in [6, 6.07) is 3.87. The van der Waals surface area contributed by atoms with Gasteiger partial charge in [0.25, 0.3) is 0 Å². The van der Waals surface area contributed by atoms with Gasteiger partial charge < -0.3 is 5.11 Å². The van der Waals surface area contributed by atoms with E-state index in [0.717, 1.165) is 30.7 Å². The predicted molar refractivity (Wildman–Crippen MR) is 60.4 cm³/mol. The third-order valence-electron chi connectivity index (χ3n) is 4.25. The van der Waals surface area contributed by atoms with Gasteiger partial charge in [-0.2, -0.15) is 0 Å². The Morgan fingerprint density at radius 2 is 1.82 bits per heavy atom. The maximum absolute atomic E-state index is 13.0. The number of aliphatic hydroxyl groups is 1. The maximum atomic E-state index is 13.0. The average Bonchev–Trinajstić information content (AvgIpc) is 2.91. The number of benzene rings is 1. The predicted octanol–water partition coefficient (Wildman–Crippen LogP) is 2.91. The van der Waals surface area contributed by atoms with Crippen LogP contribution in [0.25, 0.3) is 0 Å². The summed E-state index contributed by atoms with van der Waals surface area (Å²) >= 11 is 0. The van der Waals surface area contributed by atoms with Gasteiger partial charge in [-0.3, -0.25) is 0 Å². The van der Waals surface area contributed by atoms with Crippen LogP contribution in [0.5, 0.6) is 0 Å². The van der Waals surface area contributed by atoms with Gasteiger partial charge in [0, 0.05) is 0 Å². The van der Waals surface area contributed by atoms with E-state index in [-0.39, 0.29) is 0 Å². The third-order valence-corrected chi connectivity index (χ3v) is 4.25. The van der Waals surface area contributed by atoms with Crippen LogP contribution in [-0.2, 0) is 6.42 Å². The second-order valence-corrected chi connectivity index (χ2v) is 5.51. The van der Waals surface area contributed by atoms with Gasteiger partial charge in [0.15, 0.2) is 11.6 Å². The van der Waals surface area contributed by atoms with Crippen LogP contribution in [0.2, 0.25) is 0 Å². The first-order valence-corrected chi connectivity index (χ1v) is 6.25. The van der Waals surface area contributed by atoms with Crippen molar-refractivity contribution in [3.8, 4) is 0 Å². The van der Waals surface area contributed by atoms with E-state index in [1.54, 1.807) is 6.07 Å². The van der Waals surface area contributed by atoms with Crippen LogP contribution in [0.3, 0.4) is 0 Å². The quantitative estimate of drug-likeness (QED) is 0.858. The van der Waals surface area contributed by atoms with Crippen molar-refractivity contribution in [3.05, 3.63) is 35.4 Å². The largest absolute Gasteiger partial charge is 0.392 e. The molecule has 0 saturated heterocycles. The number of hydrogen-bond acceptors (Lipinski definition) is 1. The van der Waals surface area contributed by atoms with Crippen molar-refractivity contribution in [3.63, 3.8) is 0 Å². The van der Waals surface area contributed by atoms with Gasteiger partial charge in [-0.25, -0.2) is 8.78 Å². The van der Waals surface area contributed by atoms with Gasteiger partial charge >= 0.3 is 0 Å². The van der Waals surface area contributed by atoms with E-state index in [4.69, 9.17) is 0 Å². The molecule has 0 spiro atoms. The molecule has 0 radical (unpaired) electrons. The molecule has 0 bridgehead atoms. The van der Waals surface area contributed by atoms with Gasteiger partial charge in [0.2, 0.25) is 0 Å². The molecule has 2 saturated carbocycles. The summed E-state index contributed by atoms with van der Waals surface area (Å²) in [6.45, 7) is 0. The number of rotatable bonds is 3. The molecular formula is C14H16F2O. The Hall–Kier alpha value is -0.960. The van der Waals surface area contributed by atoms with Crippen molar-refractivity contribution in [1.82, 2.24) is 0 Å². The molecule has 3 unspecified atom stereocenters. The van der Waals surface area contributed by atoms with Crippen molar-refractivity contribution >= 4 is 0 Å². The number of aliphatic hydroxyl groups excluding tert-OH is 1. The number of hydrogen-bond donors (Lipinski definition) is 1. The van der Waals surface area contributed by atoms with Gasteiger partial charge in [0.05, 0.1) is 6.10 Å². The van der Waals surface area contributed by atoms with Gasteiger partial charge in [-0.15, -0.1) is 0 Å². The molecule has 3 heteroatoms. The molecule has 2 fully saturated rings. The molecule has 2 aliphatic carbocycles. The topological polar surface area (TPSA) is 20.2 Å². The molecular weight excluding hydrogens is 222 g/mol. The minimum absolute atomic E-state index is 0.354. The van der Waals surface area contributed by atoms with Crippen LogP contribution in [0, 0.1) is 29.4 Å². The Labute approximate surface area is 99.5 Å². The van der Waals surface area contributed by atoms with E-state index in [2.05, 4.69) is 0 Å². The Kier molecular flexibility index (Phi) is 2.66. The Morgan fingerprint density at radius 1 is 1.12 bits per heavy atom. The normalized spacial score (nSPS) is 32.3.